The molecular formula is C44H61F2N5O8. The van der Waals surface area contributed by atoms with Gasteiger partial charge in [-0.1, -0.05) is 51.1 Å². The maximum absolute atomic E-state index is 15.1. The van der Waals surface area contributed by atoms with E-state index in [2.05, 4.69) is 5.32 Å². The fourth-order valence-corrected chi connectivity index (χ4v) is 8.28. The summed E-state index contributed by atoms with van der Waals surface area (Å²) in [5.74, 6) is -6.17. The van der Waals surface area contributed by atoms with Gasteiger partial charge < -0.3 is 35.8 Å². The number of nitrogens with two attached hydrogens (primary N) is 1. The highest BCUT2D eigenvalue weighted by atomic mass is 19.1. The molecule has 13 nitrogen and oxygen atoms in total. The van der Waals surface area contributed by atoms with Crippen molar-refractivity contribution in [1.82, 2.24) is 19.7 Å². The molecule has 2 amide bonds. The lowest BCUT2D eigenvalue weighted by atomic mass is 9.78. The summed E-state index contributed by atoms with van der Waals surface area (Å²) in [6.07, 6.45) is 0.0549. The Morgan fingerprint density at radius 2 is 1.47 bits per heavy atom. The summed E-state index contributed by atoms with van der Waals surface area (Å²) in [6.45, 7) is 15.1. The highest BCUT2D eigenvalue weighted by molar-refractivity contribution is 6.08. The predicted molar refractivity (Wildman–Crippen MR) is 220 cm³/mol. The van der Waals surface area contributed by atoms with Crippen LogP contribution in [-0.2, 0) is 30.5 Å². The molecule has 0 saturated heterocycles. The monoisotopic (exact) mass is 825 g/mol. The minimum absolute atomic E-state index is 0.0231. The summed E-state index contributed by atoms with van der Waals surface area (Å²) in [4.78, 5) is 68.6. The number of carbonyl (C=O) groups is 5. The number of nitrogens with one attached hydrogen (secondary N) is 1. The Morgan fingerprint density at radius 3 is 2.00 bits per heavy atom. The molecule has 0 bridgehead atoms. The molecule has 0 aliphatic rings. The molecule has 0 aliphatic heterocycles. The number of ketones is 1. The minimum Gasteiger partial charge on any atom is -0.481 e. The zero-order valence-corrected chi connectivity index (χ0v) is 35.6. The average Bonchev–Trinajstić information content (AvgIpc) is 3.52. The second-order valence-corrected chi connectivity index (χ2v) is 18.0. The smallest absolute Gasteiger partial charge is 0.331 e. The Morgan fingerprint density at radius 1 is 0.864 bits per heavy atom. The number of carboxylic acid groups (broad SMARTS) is 2. The SMILES string of the molecule is CC(C)(C)[C@H](c1cc(-c2cc(F)ccc2F)cn1Cc1ccccc1)N(CC[C@H](N)C(=O)NCCC(=O)[C@](CCC(=O)O)(C(=O)O)N(C(C)(C)C)C(C)(C)C)C(=O)CO. The van der Waals surface area contributed by atoms with Crippen molar-refractivity contribution >= 4 is 29.5 Å². The molecule has 1 heterocycles. The van der Waals surface area contributed by atoms with Gasteiger partial charge in [0.05, 0.1) is 12.1 Å². The van der Waals surface area contributed by atoms with Crippen molar-refractivity contribution in [2.45, 2.75) is 123 Å². The summed E-state index contributed by atoms with van der Waals surface area (Å²) in [5, 5.41) is 32.9. The second-order valence-electron chi connectivity index (χ2n) is 18.0. The molecule has 6 N–H and O–H groups in total. The van der Waals surface area contributed by atoms with Gasteiger partial charge in [-0.3, -0.25) is 24.1 Å². The van der Waals surface area contributed by atoms with Crippen LogP contribution in [0.5, 0.6) is 0 Å². The zero-order chi connectivity index (χ0) is 44.7. The number of rotatable bonds is 19. The van der Waals surface area contributed by atoms with E-state index in [1.165, 1.54) is 9.80 Å². The lowest BCUT2D eigenvalue weighted by Gasteiger charge is -2.54. The molecule has 15 heteroatoms. The first-order chi connectivity index (χ1) is 27.2. The number of aliphatic hydroxyl groups excluding tert-OH is 1. The molecule has 0 fully saturated rings. The number of benzene rings is 2. The van der Waals surface area contributed by atoms with E-state index in [1.807, 2.05) is 55.7 Å². The number of aromatic nitrogens is 1. The van der Waals surface area contributed by atoms with Crippen LogP contribution in [0.3, 0.4) is 0 Å². The van der Waals surface area contributed by atoms with E-state index in [-0.39, 0.29) is 25.1 Å². The third-order valence-electron chi connectivity index (χ3n) is 10.1. The van der Waals surface area contributed by atoms with Crippen LogP contribution in [0.2, 0.25) is 0 Å². The van der Waals surface area contributed by atoms with E-state index in [1.54, 1.807) is 53.8 Å². The quantitative estimate of drug-likeness (QED) is 0.0927. The Hall–Kier alpha value is -4.99. The minimum atomic E-state index is -2.23. The van der Waals surface area contributed by atoms with Gasteiger partial charge in [0.15, 0.2) is 11.3 Å². The Bertz CT molecular complexity index is 1950. The van der Waals surface area contributed by atoms with Crippen LogP contribution in [0, 0.1) is 17.0 Å². The van der Waals surface area contributed by atoms with Gasteiger partial charge in [-0.05, 0) is 89.6 Å². The van der Waals surface area contributed by atoms with Gasteiger partial charge in [0.2, 0.25) is 11.8 Å². The van der Waals surface area contributed by atoms with E-state index in [4.69, 9.17) is 5.73 Å². The van der Waals surface area contributed by atoms with Gasteiger partial charge in [-0.25, -0.2) is 13.6 Å². The van der Waals surface area contributed by atoms with Crippen LogP contribution in [0.15, 0.2) is 60.8 Å². The fourth-order valence-electron chi connectivity index (χ4n) is 8.28. The number of aliphatic hydroxyl groups is 1. The van der Waals surface area contributed by atoms with Gasteiger partial charge in [-0.15, -0.1) is 0 Å². The number of amides is 2. The van der Waals surface area contributed by atoms with Crippen molar-refractivity contribution in [3.63, 3.8) is 0 Å². The van der Waals surface area contributed by atoms with Gasteiger partial charge in [0.1, 0.15) is 18.2 Å². The van der Waals surface area contributed by atoms with Gasteiger partial charge in [-0.2, -0.15) is 0 Å². The second kappa shape index (κ2) is 19.4. The number of carboxylic acids is 2. The first-order valence-electron chi connectivity index (χ1n) is 19.7. The third kappa shape index (κ3) is 12.0. The van der Waals surface area contributed by atoms with E-state index >= 15 is 4.39 Å². The van der Waals surface area contributed by atoms with E-state index < -0.39 is 101 Å². The van der Waals surface area contributed by atoms with Crippen molar-refractivity contribution in [1.29, 1.82) is 0 Å². The molecule has 0 spiro atoms. The summed E-state index contributed by atoms with van der Waals surface area (Å²) >= 11 is 0. The van der Waals surface area contributed by atoms with Crippen LogP contribution in [0.1, 0.15) is 105 Å². The van der Waals surface area contributed by atoms with Crippen molar-refractivity contribution in [3.05, 3.63) is 83.7 Å². The molecular weight excluding hydrogens is 765 g/mol. The molecule has 1 aromatic heterocycles. The number of halogens is 2. The lowest BCUT2D eigenvalue weighted by Crippen LogP contribution is -2.71. The molecule has 324 valence electrons. The van der Waals surface area contributed by atoms with E-state index in [0.29, 0.717) is 17.8 Å². The number of hydrogen-bond acceptors (Lipinski definition) is 8. The molecule has 3 aromatic rings. The van der Waals surface area contributed by atoms with Gasteiger partial charge >= 0.3 is 11.9 Å². The summed E-state index contributed by atoms with van der Waals surface area (Å²) in [7, 11) is 0. The summed E-state index contributed by atoms with van der Waals surface area (Å²) < 4.78 is 31.3. The number of carbonyl (C=O) groups excluding carboxylic acids is 3. The molecule has 2 aromatic carbocycles. The van der Waals surface area contributed by atoms with Crippen LogP contribution >= 0.6 is 0 Å². The number of Topliss-reactive ketones (excluding diaryl/α,β-unsaturated/α-hetero) is 1. The lowest BCUT2D eigenvalue weighted by molar-refractivity contribution is -0.172. The Labute approximate surface area is 345 Å². The van der Waals surface area contributed by atoms with Crippen molar-refractivity contribution in [3.8, 4) is 11.1 Å². The van der Waals surface area contributed by atoms with Crippen LogP contribution in [0.4, 0.5) is 8.78 Å². The molecule has 0 unspecified atom stereocenters. The Kier molecular flexibility index (Phi) is 15.9. The van der Waals surface area contributed by atoms with Gasteiger partial charge in [0, 0.05) is 66.6 Å². The number of nitrogens with zero attached hydrogens (tertiary/aromatic N) is 3. The molecule has 0 radical (unpaired) electrons. The van der Waals surface area contributed by atoms with E-state index in [9.17, 15) is 43.7 Å². The van der Waals surface area contributed by atoms with Crippen LogP contribution in [-0.4, -0.2) is 102 Å². The van der Waals surface area contributed by atoms with Gasteiger partial charge in [0.25, 0.3) is 0 Å². The van der Waals surface area contributed by atoms with Crippen molar-refractivity contribution < 1.29 is 48.1 Å². The highest BCUT2D eigenvalue weighted by Gasteiger charge is 2.57. The summed E-state index contributed by atoms with van der Waals surface area (Å²) in [5.41, 5.74) is 3.47. The maximum atomic E-state index is 15.1. The molecule has 3 rings (SSSR count). The first kappa shape index (κ1) is 48.4. The number of hydrogen-bond donors (Lipinski definition) is 5. The molecule has 0 aliphatic carbocycles. The van der Waals surface area contributed by atoms with Crippen molar-refractivity contribution in [2.75, 3.05) is 19.7 Å². The predicted octanol–water partition coefficient (Wildman–Crippen LogP) is 5.77. The molecule has 3 atom stereocenters. The van der Waals surface area contributed by atoms with Crippen LogP contribution < -0.4 is 11.1 Å². The average molecular weight is 826 g/mol. The Balaban J connectivity index is 1.92. The van der Waals surface area contributed by atoms with Crippen molar-refractivity contribution in [2.24, 2.45) is 11.1 Å². The zero-order valence-electron chi connectivity index (χ0n) is 35.6. The molecule has 59 heavy (non-hydrogen) atoms. The number of aliphatic carboxylic acids is 2. The van der Waals surface area contributed by atoms with E-state index in [0.717, 1.165) is 23.8 Å². The normalized spacial score (nSPS) is 14.3. The fraction of sp³-hybridized carbons (Fsp3) is 0.523. The first-order valence-corrected chi connectivity index (χ1v) is 19.7. The maximum Gasteiger partial charge on any atom is 0.331 e. The summed E-state index contributed by atoms with van der Waals surface area (Å²) in [6, 6.07) is 12.3. The standard InChI is InChI=1S/C44H61F2N5O8/c1-41(2,3)38(34-23-29(31-24-30(45)15-16-32(31)46)26-49(34)25-28-13-11-10-12-14-28)50(36(54)27-52)22-19-33(47)39(57)48-21-18-35(53)44(40(58)59,20-17-37(55)56)51(42(4,5)6)43(7,8)9/h10-16,23-24,26,33,38,52H,17-22,25,27,47H2,1-9H3,(H,48,57)(H,55,56)(H,58,59)/t33-,38-,44+/m0/s1. The molecule has 0 saturated carbocycles. The largest absolute Gasteiger partial charge is 0.481 e. The third-order valence-corrected chi connectivity index (χ3v) is 10.1. The van der Waals surface area contributed by atoms with Crippen LogP contribution in [0.25, 0.3) is 11.1 Å². The topological polar surface area (TPSA) is 196 Å². The highest BCUT2D eigenvalue weighted by Crippen LogP contribution is 2.42.